The van der Waals surface area contributed by atoms with Gasteiger partial charge in [-0.3, -0.25) is 9.59 Å². The first-order valence-corrected chi connectivity index (χ1v) is 11.8. The highest BCUT2D eigenvalue weighted by Crippen LogP contribution is 2.28. The van der Waals surface area contributed by atoms with Crippen molar-refractivity contribution < 1.29 is 19.1 Å². The summed E-state index contributed by atoms with van der Waals surface area (Å²) in [5, 5.41) is 3.01. The van der Waals surface area contributed by atoms with Crippen molar-refractivity contribution in [2.45, 2.75) is 26.4 Å². The molecule has 0 aliphatic rings. The Bertz CT molecular complexity index is 1370. The number of methoxy groups -OCH3 is 2. The van der Waals surface area contributed by atoms with E-state index in [0.29, 0.717) is 29.4 Å². The van der Waals surface area contributed by atoms with Gasteiger partial charge in [0.1, 0.15) is 12.4 Å². The maximum absolute atomic E-state index is 13.4. The number of hydrogen-bond acceptors (Lipinski definition) is 5. The molecule has 0 spiro atoms. The molecule has 1 unspecified atom stereocenters. The van der Waals surface area contributed by atoms with Crippen LogP contribution in [-0.2, 0) is 11.3 Å². The third kappa shape index (κ3) is 5.02. The summed E-state index contributed by atoms with van der Waals surface area (Å²) in [7, 11) is 3.07. The number of likely N-dealkylation sites (N-methyl/N-ethyl adjacent to an activating group) is 1. The monoisotopic (exact) mass is 486 g/mol. The van der Waals surface area contributed by atoms with Gasteiger partial charge in [0.15, 0.2) is 11.5 Å². The fourth-order valence-electron chi connectivity index (χ4n) is 4.24. The van der Waals surface area contributed by atoms with Gasteiger partial charge in [0, 0.05) is 17.8 Å². The molecule has 8 heteroatoms. The number of amides is 2. The molecule has 0 saturated heterocycles. The number of anilines is 1. The molecule has 3 aromatic carbocycles. The Morgan fingerprint density at radius 3 is 2.36 bits per heavy atom. The van der Waals surface area contributed by atoms with E-state index in [1.54, 1.807) is 30.2 Å². The van der Waals surface area contributed by atoms with E-state index in [-0.39, 0.29) is 18.4 Å². The molecule has 1 heterocycles. The highest BCUT2D eigenvalue weighted by Gasteiger charge is 2.23. The molecule has 4 aromatic rings. The van der Waals surface area contributed by atoms with Gasteiger partial charge in [-0.25, -0.2) is 4.98 Å². The van der Waals surface area contributed by atoms with Gasteiger partial charge in [-0.2, -0.15) is 0 Å². The van der Waals surface area contributed by atoms with E-state index in [4.69, 9.17) is 14.5 Å². The Kier molecular flexibility index (Phi) is 7.53. The summed E-state index contributed by atoms with van der Waals surface area (Å²) < 4.78 is 12.5. The molecule has 4 rings (SSSR count). The van der Waals surface area contributed by atoms with Gasteiger partial charge >= 0.3 is 0 Å². The predicted octanol–water partition coefficient (Wildman–Crippen LogP) is 4.60. The fourth-order valence-corrected chi connectivity index (χ4v) is 4.24. The number of imidazole rings is 1. The first-order valence-electron chi connectivity index (χ1n) is 11.8. The molecule has 0 aliphatic heterocycles. The molecule has 0 fully saturated rings. The molecule has 36 heavy (non-hydrogen) atoms. The minimum absolute atomic E-state index is 0.0634. The number of para-hydroxylation sites is 3. The molecule has 0 radical (unpaired) electrons. The topological polar surface area (TPSA) is 85.7 Å². The van der Waals surface area contributed by atoms with Crippen molar-refractivity contribution in [3.8, 4) is 11.5 Å². The number of nitrogens with one attached hydrogen (secondary N) is 1. The molecular formula is C28H30N4O4. The third-order valence-electron chi connectivity index (χ3n) is 6.04. The van der Waals surface area contributed by atoms with Gasteiger partial charge in [0.2, 0.25) is 5.91 Å². The number of benzene rings is 3. The summed E-state index contributed by atoms with van der Waals surface area (Å²) in [6.45, 7) is 4.44. The predicted molar refractivity (Wildman–Crippen MR) is 140 cm³/mol. The number of carbonyl (C=O) groups excluding carboxylic acids is 2. The van der Waals surface area contributed by atoms with Crippen molar-refractivity contribution in [3.63, 3.8) is 0 Å². The average molecular weight is 487 g/mol. The molecule has 186 valence electrons. The van der Waals surface area contributed by atoms with Crippen molar-refractivity contribution in [1.82, 2.24) is 14.9 Å². The fraction of sp³-hybridized carbons (Fsp3) is 0.250. The summed E-state index contributed by atoms with van der Waals surface area (Å²) in [6.07, 6.45) is 0. The molecule has 2 amide bonds. The zero-order valence-electron chi connectivity index (χ0n) is 20.9. The second kappa shape index (κ2) is 10.9. The Labute approximate surface area is 210 Å². The number of carbonyl (C=O) groups is 2. The summed E-state index contributed by atoms with van der Waals surface area (Å²) in [6, 6.07) is 21.8. The first-order chi connectivity index (χ1) is 17.5. The van der Waals surface area contributed by atoms with Gasteiger partial charge < -0.3 is 24.3 Å². The number of aromatic nitrogens is 2. The van der Waals surface area contributed by atoms with E-state index in [2.05, 4.69) is 5.32 Å². The van der Waals surface area contributed by atoms with E-state index < -0.39 is 6.04 Å². The van der Waals surface area contributed by atoms with Crippen LogP contribution in [0.2, 0.25) is 0 Å². The standard InChI is InChI=1S/C28H30N4O4/c1-5-31(21-11-7-6-8-12-21)26(33)18-32-23-14-10-9-13-22(23)30-27(32)19(2)29-28(34)20-15-16-24(35-3)25(17-20)36-4/h6-17,19H,5,18H2,1-4H3,(H,29,34). The highest BCUT2D eigenvalue weighted by atomic mass is 16.5. The smallest absolute Gasteiger partial charge is 0.251 e. The third-order valence-corrected chi connectivity index (χ3v) is 6.04. The van der Waals surface area contributed by atoms with Crippen LogP contribution in [0, 0.1) is 0 Å². The van der Waals surface area contributed by atoms with E-state index in [1.807, 2.05) is 73.0 Å². The summed E-state index contributed by atoms with van der Waals surface area (Å²) in [4.78, 5) is 33.0. The van der Waals surface area contributed by atoms with Crippen LogP contribution in [0.25, 0.3) is 11.0 Å². The Morgan fingerprint density at radius 1 is 0.972 bits per heavy atom. The SMILES string of the molecule is CCN(C(=O)Cn1c(C(C)NC(=O)c2ccc(OC)c(OC)c2)nc2ccccc21)c1ccccc1. The highest BCUT2D eigenvalue weighted by molar-refractivity contribution is 5.96. The molecule has 1 atom stereocenters. The van der Waals surface area contributed by atoms with E-state index >= 15 is 0 Å². The van der Waals surface area contributed by atoms with Crippen molar-refractivity contribution >= 4 is 28.5 Å². The molecular weight excluding hydrogens is 456 g/mol. The van der Waals surface area contributed by atoms with E-state index in [9.17, 15) is 9.59 Å². The van der Waals surface area contributed by atoms with E-state index in [1.165, 1.54) is 7.11 Å². The van der Waals surface area contributed by atoms with Crippen molar-refractivity contribution in [2.24, 2.45) is 0 Å². The van der Waals surface area contributed by atoms with E-state index in [0.717, 1.165) is 16.7 Å². The minimum atomic E-state index is -0.461. The second-order valence-electron chi connectivity index (χ2n) is 8.28. The van der Waals surface area contributed by atoms with Gasteiger partial charge in [-0.05, 0) is 56.3 Å². The van der Waals surface area contributed by atoms with Crippen LogP contribution in [0.1, 0.15) is 36.1 Å². The minimum Gasteiger partial charge on any atom is -0.493 e. The molecule has 0 aliphatic carbocycles. The normalized spacial score (nSPS) is 11.7. The maximum Gasteiger partial charge on any atom is 0.251 e. The van der Waals surface area contributed by atoms with Crippen molar-refractivity contribution in [1.29, 1.82) is 0 Å². The van der Waals surface area contributed by atoms with Crippen LogP contribution in [0.3, 0.4) is 0 Å². The number of fused-ring (bicyclic) bond motifs is 1. The van der Waals surface area contributed by atoms with Gasteiger partial charge in [-0.1, -0.05) is 30.3 Å². The maximum atomic E-state index is 13.4. The molecule has 8 nitrogen and oxygen atoms in total. The van der Waals surface area contributed by atoms with Crippen LogP contribution in [0.15, 0.2) is 72.8 Å². The lowest BCUT2D eigenvalue weighted by Crippen LogP contribution is -2.35. The molecule has 1 N–H and O–H groups in total. The molecule has 1 aromatic heterocycles. The average Bonchev–Trinajstić information content (AvgIpc) is 3.27. The van der Waals surface area contributed by atoms with Crippen molar-refractivity contribution in [3.05, 3.63) is 84.2 Å². The Balaban J connectivity index is 1.62. The van der Waals surface area contributed by atoms with Gasteiger partial charge in [-0.15, -0.1) is 0 Å². The zero-order valence-corrected chi connectivity index (χ0v) is 20.9. The van der Waals surface area contributed by atoms with Gasteiger partial charge in [0.25, 0.3) is 5.91 Å². The number of rotatable bonds is 9. The zero-order chi connectivity index (χ0) is 25.7. The molecule has 0 bridgehead atoms. The number of ether oxygens (including phenoxy) is 2. The Hall–Kier alpha value is -4.33. The van der Waals surface area contributed by atoms with Crippen LogP contribution in [-0.4, -0.2) is 42.1 Å². The molecule has 0 saturated carbocycles. The van der Waals surface area contributed by atoms with Gasteiger partial charge in [0.05, 0.1) is 31.3 Å². The van der Waals surface area contributed by atoms with Crippen LogP contribution >= 0.6 is 0 Å². The largest absolute Gasteiger partial charge is 0.493 e. The van der Waals surface area contributed by atoms with Crippen LogP contribution in [0.5, 0.6) is 11.5 Å². The summed E-state index contributed by atoms with van der Waals surface area (Å²) in [5.41, 5.74) is 2.86. The Morgan fingerprint density at radius 2 is 1.67 bits per heavy atom. The van der Waals surface area contributed by atoms with Crippen molar-refractivity contribution in [2.75, 3.05) is 25.7 Å². The first kappa shape index (κ1) is 24.8. The summed E-state index contributed by atoms with van der Waals surface area (Å²) >= 11 is 0. The second-order valence-corrected chi connectivity index (χ2v) is 8.28. The van der Waals surface area contributed by atoms with Crippen LogP contribution in [0.4, 0.5) is 5.69 Å². The lowest BCUT2D eigenvalue weighted by Gasteiger charge is -2.23. The number of hydrogen-bond donors (Lipinski definition) is 1. The summed E-state index contributed by atoms with van der Waals surface area (Å²) in [5.74, 6) is 1.26. The lowest BCUT2D eigenvalue weighted by atomic mass is 10.1. The van der Waals surface area contributed by atoms with Crippen LogP contribution < -0.4 is 19.7 Å². The number of nitrogens with zero attached hydrogens (tertiary/aromatic N) is 3. The quantitative estimate of drug-likeness (QED) is 0.374. The lowest BCUT2D eigenvalue weighted by molar-refractivity contribution is -0.119.